The molecule has 3 aromatic rings. The molecule has 2 N–H and O–H groups in total. The normalized spacial score (nSPS) is 17.6. The van der Waals surface area contributed by atoms with Crippen molar-refractivity contribution in [2.24, 2.45) is 0 Å². The SMILES string of the molecule is OCCC1CCCCN1c1ccc(CNc2ncc3ccsc3n2)cn1. The van der Waals surface area contributed by atoms with Gasteiger partial charge in [0.05, 0.1) is 0 Å². The predicted octanol–water partition coefficient (Wildman–Crippen LogP) is 3.44. The summed E-state index contributed by atoms with van der Waals surface area (Å²) in [5.74, 6) is 1.64. The molecule has 1 aliphatic heterocycles. The van der Waals surface area contributed by atoms with Gasteiger partial charge >= 0.3 is 0 Å². The van der Waals surface area contributed by atoms with Gasteiger partial charge in [-0.25, -0.2) is 15.0 Å². The number of rotatable bonds is 6. The van der Waals surface area contributed by atoms with Gasteiger partial charge in [0.15, 0.2) is 0 Å². The Kier molecular flexibility index (Phi) is 5.26. The van der Waals surface area contributed by atoms with E-state index in [0.29, 0.717) is 18.5 Å². The number of nitrogens with zero attached hydrogens (tertiary/aromatic N) is 4. The van der Waals surface area contributed by atoms with Gasteiger partial charge in [-0.3, -0.25) is 0 Å². The Balaban J connectivity index is 1.40. The number of hydrogen-bond acceptors (Lipinski definition) is 7. The number of aromatic nitrogens is 3. The predicted molar refractivity (Wildman–Crippen MR) is 106 cm³/mol. The van der Waals surface area contributed by atoms with Crippen molar-refractivity contribution in [3.05, 3.63) is 41.5 Å². The van der Waals surface area contributed by atoms with Crippen LogP contribution in [0.2, 0.25) is 0 Å². The van der Waals surface area contributed by atoms with Crippen LogP contribution < -0.4 is 10.2 Å². The van der Waals surface area contributed by atoms with Crippen LogP contribution in [0.3, 0.4) is 0 Å². The van der Waals surface area contributed by atoms with Crippen molar-refractivity contribution >= 4 is 33.3 Å². The maximum absolute atomic E-state index is 9.29. The van der Waals surface area contributed by atoms with Crippen LogP contribution in [-0.2, 0) is 6.54 Å². The molecule has 1 fully saturated rings. The molecule has 136 valence electrons. The first-order chi connectivity index (χ1) is 12.8. The lowest BCUT2D eigenvalue weighted by molar-refractivity contribution is 0.262. The summed E-state index contributed by atoms with van der Waals surface area (Å²) in [4.78, 5) is 16.9. The third-order valence-electron chi connectivity index (χ3n) is 4.85. The first-order valence-electron chi connectivity index (χ1n) is 9.10. The molecule has 0 radical (unpaired) electrons. The van der Waals surface area contributed by atoms with Crippen molar-refractivity contribution in [1.29, 1.82) is 0 Å². The second kappa shape index (κ2) is 7.97. The summed E-state index contributed by atoms with van der Waals surface area (Å²) in [5.41, 5.74) is 1.10. The molecular weight excluding hydrogens is 346 g/mol. The minimum atomic E-state index is 0.234. The van der Waals surface area contributed by atoms with Gasteiger partial charge in [-0.15, -0.1) is 11.3 Å². The fraction of sp³-hybridized carbons (Fsp3) is 0.421. The summed E-state index contributed by atoms with van der Waals surface area (Å²) in [5, 5.41) is 15.7. The van der Waals surface area contributed by atoms with E-state index in [9.17, 15) is 5.11 Å². The maximum atomic E-state index is 9.29. The van der Waals surface area contributed by atoms with Gasteiger partial charge in [-0.1, -0.05) is 6.07 Å². The van der Waals surface area contributed by atoms with Crippen LogP contribution in [0.15, 0.2) is 36.0 Å². The Bertz CT molecular complexity index is 849. The third-order valence-corrected chi connectivity index (χ3v) is 5.67. The van der Waals surface area contributed by atoms with Crippen molar-refractivity contribution in [3.8, 4) is 0 Å². The molecule has 1 atom stereocenters. The monoisotopic (exact) mass is 369 g/mol. The molecule has 0 bridgehead atoms. The van der Waals surface area contributed by atoms with Crippen molar-refractivity contribution in [3.63, 3.8) is 0 Å². The van der Waals surface area contributed by atoms with E-state index in [1.165, 1.54) is 12.8 Å². The van der Waals surface area contributed by atoms with E-state index in [-0.39, 0.29) is 6.61 Å². The molecule has 0 aliphatic carbocycles. The zero-order chi connectivity index (χ0) is 17.8. The summed E-state index contributed by atoms with van der Waals surface area (Å²) in [7, 11) is 0. The van der Waals surface area contributed by atoms with Gasteiger partial charge in [0.25, 0.3) is 0 Å². The molecule has 0 spiro atoms. The molecular formula is C19H23N5OS. The average molecular weight is 369 g/mol. The molecule has 26 heavy (non-hydrogen) atoms. The largest absolute Gasteiger partial charge is 0.396 e. The van der Waals surface area contributed by atoms with Gasteiger partial charge in [0, 0.05) is 43.5 Å². The summed E-state index contributed by atoms with van der Waals surface area (Å²) in [6.07, 6.45) is 8.13. The van der Waals surface area contributed by atoms with E-state index >= 15 is 0 Å². The van der Waals surface area contributed by atoms with Crippen molar-refractivity contribution in [1.82, 2.24) is 15.0 Å². The fourth-order valence-electron chi connectivity index (χ4n) is 3.46. The zero-order valence-electron chi connectivity index (χ0n) is 14.6. The Labute approximate surface area is 156 Å². The summed E-state index contributed by atoms with van der Waals surface area (Å²) in [6, 6.07) is 6.60. The number of aliphatic hydroxyl groups excluding tert-OH is 1. The summed E-state index contributed by atoms with van der Waals surface area (Å²) < 4.78 is 0. The van der Waals surface area contributed by atoms with Gasteiger partial charge in [-0.05, 0) is 48.8 Å². The molecule has 7 heteroatoms. The number of fused-ring (bicyclic) bond motifs is 1. The van der Waals surface area contributed by atoms with Crippen LogP contribution in [0.25, 0.3) is 10.2 Å². The summed E-state index contributed by atoms with van der Waals surface area (Å²) >= 11 is 1.62. The summed E-state index contributed by atoms with van der Waals surface area (Å²) in [6.45, 7) is 1.89. The van der Waals surface area contributed by atoms with Gasteiger partial charge in [0.2, 0.25) is 5.95 Å². The lowest BCUT2D eigenvalue weighted by Gasteiger charge is -2.36. The molecule has 0 amide bonds. The Morgan fingerprint density at radius 2 is 2.15 bits per heavy atom. The number of piperidine rings is 1. The molecule has 4 rings (SSSR count). The molecule has 3 aromatic heterocycles. The zero-order valence-corrected chi connectivity index (χ0v) is 15.5. The number of anilines is 2. The van der Waals surface area contributed by atoms with Crippen molar-refractivity contribution in [2.75, 3.05) is 23.4 Å². The minimum Gasteiger partial charge on any atom is -0.396 e. The number of aliphatic hydroxyl groups is 1. The highest BCUT2D eigenvalue weighted by atomic mass is 32.1. The first-order valence-corrected chi connectivity index (χ1v) is 9.98. The van der Waals surface area contributed by atoms with E-state index in [2.05, 4.69) is 37.3 Å². The van der Waals surface area contributed by atoms with E-state index in [4.69, 9.17) is 0 Å². The van der Waals surface area contributed by atoms with Crippen LogP contribution in [0, 0.1) is 0 Å². The Morgan fingerprint density at radius 3 is 3.00 bits per heavy atom. The smallest absolute Gasteiger partial charge is 0.224 e. The molecule has 1 saturated heterocycles. The standard InChI is InChI=1S/C19H23N5OS/c25-9-6-16-3-1-2-8-24(16)17-5-4-14(11-20-17)12-21-19-22-13-15-7-10-26-18(15)23-19/h4-5,7,10-11,13,16,25H,1-3,6,8-9,12H2,(H,21,22,23). The molecule has 0 aromatic carbocycles. The van der Waals surface area contributed by atoms with E-state index in [1.807, 2.05) is 23.8 Å². The van der Waals surface area contributed by atoms with Crippen LogP contribution in [-0.4, -0.2) is 39.3 Å². The highest BCUT2D eigenvalue weighted by Gasteiger charge is 2.22. The first kappa shape index (κ1) is 17.2. The van der Waals surface area contributed by atoms with Crippen LogP contribution >= 0.6 is 11.3 Å². The number of hydrogen-bond donors (Lipinski definition) is 2. The van der Waals surface area contributed by atoms with E-state index < -0.39 is 0 Å². The highest BCUT2D eigenvalue weighted by molar-refractivity contribution is 7.16. The van der Waals surface area contributed by atoms with Gasteiger partial charge in [0.1, 0.15) is 10.6 Å². The van der Waals surface area contributed by atoms with Crippen LogP contribution in [0.4, 0.5) is 11.8 Å². The third kappa shape index (κ3) is 3.78. The van der Waals surface area contributed by atoms with E-state index in [0.717, 1.165) is 41.0 Å². The molecule has 1 unspecified atom stereocenters. The molecule has 6 nitrogen and oxygen atoms in total. The van der Waals surface area contributed by atoms with Crippen LogP contribution in [0.1, 0.15) is 31.2 Å². The lowest BCUT2D eigenvalue weighted by Crippen LogP contribution is -2.40. The van der Waals surface area contributed by atoms with Gasteiger partial charge in [-0.2, -0.15) is 0 Å². The average Bonchev–Trinajstić information content (AvgIpc) is 3.15. The molecule has 4 heterocycles. The Morgan fingerprint density at radius 1 is 1.19 bits per heavy atom. The molecule has 0 saturated carbocycles. The quantitative estimate of drug-likeness (QED) is 0.693. The van der Waals surface area contributed by atoms with E-state index in [1.54, 1.807) is 11.3 Å². The number of thiophene rings is 1. The topological polar surface area (TPSA) is 74.2 Å². The van der Waals surface area contributed by atoms with Gasteiger partial charge < -0.3 is 15.3 Å². The fourth-order valence-corrected chi connectivity index (χ4v) is 4.20. The number of nitrogens with one attached hydrogen (secondary N) is 1. The van der Waals surface area contributed by atoms with Crippen molar-refractivity contribution < 1.29 is 5.11 Å². The minimum absolute atomic E-state index is 0.234. The van der Waals surface area contributed by atoms with Crippen molar-refractivity contribution in [2.45, 2.75) is 38.3 Å². The maximum Gasteiger partial charge on any atom is 0.224 e. The molecule has 1 aliphatic rings. The highest BCUT2D eigenvalue weighted by Crippen LogP contribution is 2.25. The van der Waals surface area contributed by atoms with Crippen LogP contribution in [0.5, 0.6) is 0 Å². The Hall–Kier alpha value is -2.25. The number of pyridine rings is 1. The lowest BCUT2D eigenvalue weighted by atomic mass is 9.99. The second-order valence-electron chi connectivity index (χ2n) is 6.61. The second-order valence-corrected chi connectivity index (χ2v) is 7.50.